The smallest absolute Gasteiger partial charge is 0.338 e. The highest BCUT2D eigenvalue weighted by Crippen LogP contribution is 2.24. The zero-order valence-electron chi connectivity index (χ0n) is 17.4. The van der Waals surface area contributed by atoms with E-state index in [0.717, 1.165) is 4.31 Å². The number of nitrogens with zero attached hydrogens (tertiary/aromatic N) is 1. The average molecular weight is 436 g/mol. The summed E-state index contributed by atoms with van der Waals surface area (Å²) in [6.45, 7) is 1.11. The molecular weight excluding hydrogens is 412 g/mol. The van der Waals surface area contributed by atoms with Gasteiger partial charge in [-0.05, 0) is 36.8 Å². The minimum Gasteiger partial charge on any atom is -0.497 e. The van der Waals surface area contributed by atoms with Crippen molar-refractivity contribution in [1.82, 2.24) is 4.31 Å². The van der Waals surface area contributed by atoms with Crippen molar-refractivity contribution in [3.8, 4) is 11.5 Å². The van der Waals surface area contributed by atoms with Crippen molar-refractivity contribution in [2.75, 3.05) is 40.2 Å². The molecule has 0 aliphatic heterocycles. The SMILES string of the molecule is COc1cc(OC)cc(C(=O)OCC(=O)Nc2ccc(C)c(S(=O)(=O)N(C)C)c2)c1. The summed E-state index contributed by atoms with van der Waals surface area (Å²) in [5, 5.41) is 2.52. The molecular formula is C20H24N2O7S. The van der Waals surface area contributed by atoms with E-state index in [1.165, 1.54) is 46.5 Å². The lowest BCUT2D eigenvalue weighted by molar-refractivity contribution is -0.119. The van der Waals surface area contributed by atoms with Gasteiger partial charge in [0.1, 0.15) is 11.5 Å². The standard InChI is InChI=1S/C20H24N2O7S/c1-13-6-7-15(10-18(13)30(25,26)22(2)3)21-19(23)12-29-20(24)14-8-16(27-4)11-17(9-14)28-5/h6-11H,12H2,1-5H3,(H,21,23). The number of carbonyl (C=O) groups excluding carboxylic acids is 2. The molecule has 2 rings (SSSR count). The fourth-order valence-electron chi connectivity index (χ4n) is 2.49. The molecule has 0 fully saturated rings. The molecule has 0 unspecified atom stereocenters. The van der Waals surface area contributed by atoms with Crippen molar-refractivity contribution in [2.24, 2.45) is 0 Å². The molecule has 0 heterocycles. The highest BCUT2D eigenvalue weighted by Gasteiger charge is 2.20. The van der Waals surface area contributed by atoms with Crippen LogP contribution in [0.2, 0.25) is 0 Å². The molecule has 30 heavy (non-hydrogen) atoms. The van der Waals surface area contributed by atoms with Crippen LogP contribution in [-0.2, 0) is 19.6 Å². The molecule has 0 spiro atoms. The third-order valence-corrected chi connectivity index (χ3v) is 6.11. The highest BCUT2D eigenvalue weighted by molar-refractivity contribution is 7.89. The fraction of sp³-hybridized carbons (Fsp3) is 0.300. The normalized spacial score (nSPS) is 11.1. The molecule has 0 aromatic heterocycles. The predicted molar refractivity (Wildman–Crippen MR) is 111 cm³/mol. The summed E-state index contributed by atoms with van der Waals surface area (Å²) in [6, 6.07) is 9.02. The topological polar surface area (TPSA) is 111 Å². The minimum atomic E-state index is -3.67. The Labute approximate surface area is 175 Å². The monoisotopic (exact) mass is 436 g/mol. The van der Waals surface area contributed by atoms with Crippen LogP contribution in [0.4, 0.5) is 5.69 Å². The number of carbonyl (C=O) groups is 2. The number of esters is 1. The highest BCUT2D eigenvalue weighted by atomic mass is 32.2. The molecule has 9 nitrogen and oxygen atoms in total. The van der Waals surface area contributed by atoms with Crippen molar-refractivity contribution in [3.05, 3.63) is 47.5 Å². The molecule has 1 N–H and O–H groups in total. The Morgan fingerprint density at radius 2 is 1.60 bits per heavy atom. The zero-order valence-corrected chi connectivity index (χ0v) is 18.2. The van der Waals surface area contributed by atoms with E-state index in [-0.39, 0.29) is 16.1 Å². The van der Waals surface area contributed by atoms with Crippen LogP contribution in [0.3, 0.4) is 0 Å². The van der Waals surface area contributed by atoms with Crippen molar-refractivity contribution < 1.29 is 32.2 Å². The average Bonchev–Trinajstić information content (AvgIpc) is 2.72. The Morgan fingerprint density at radius 1 is 1.00 bits per heavy atom. The summed E-state index contributed by atoms with van der Waals surface area (Å²) >= 11 is 0. The van der Waals surface area contributed by atoms with E-state index >= 15 is 0 Å². The second kappa shape index (κ2) is 9.59. The Hall–Kier alpha value is -3.11. The molecule has 1 amide bonds. The van der Waals surface area contributed by atoms with Crippen molar-refractivity contribution in [1.29, 1.82) is 0 Å². The number of methoxy groups -OCH3 is 2. The van der Waals surface area contributed by atoms with Gasteiger partial charge in [0, 0.05) is 25.8 Å². The van der Waals surface area contributed by atoms with Crippen LogP contribution in [-0.4, -0.2) is 59.5 Å². The van der Waals surface area contributed by atoms with Gasteiger partial charge >= 0.3 is 5.97 Å². The van der Waals surface area contributed by atoms with E-state index in [2.05, 4.69) is 5.32 Å². The number of ether oxygens (including phenoxy) is 3. The maximum atomic E-state index is 12.4. The molecule has 0 saturated heterocycles. The lowest BCUT2D eigenvalue weighted by Crippen LogP contribution is -2.24. The number of anilines is 1. The summed E-state index contributed by atoms with van der Waals surface area (Å²) in [5.41, 5.74) is 0.971. The summed E-state index contributed by atoms with van der Waals surface area (Å²) in [7, 11) is 2.08. The zero-order chi connectivity index (χ0) is 22.5. The first-order valence-corrected chi connectivity index (χ1v) is 10.3. The van der Waals surface area contributed by atoms with E-state index in [1.54, 1.807) is 25.1 Å². The molecule has 10 heteroatoms. The van der Waals surface area contributed by atoms with E-state index in [4.69, 9.17) is 14.2 Å². The van der Waals surface area contributed by atoms with E-state index in [1.807, 2.05) is 0 Å². The van der Waals surface area contributed by atoms with Gasteiger partial charge in [0.05, 0.1) is 24.7 Å². The summed E-state index contributed by atoms with van der Waals surface area (Å²) in [5.74, 6) is -0.544. The van der Waals surface area contributed by atoms with Crippen LogP contribution in [0.1, 0.15) is 15.9 Å². The molecule has 0 radical (unpaired) electrons. The summed E-state index contributed by atoms with van der Waals surface area (Å²) in [6.07, 6.45) is 0. The van der Waals surface area contributed by atoms with Crippen LogP contribution >= 0.6 is 0 Å². The van der Waals surface area contributed by atoms with E-state index in [9.17, 15) is 18.0 Å². The number of nitrogens with one attached hydrogen (secondary N) is 1. The van der Waals surface area contributed by atoms with Crippen LogP contribution in [0, 0.1) is 6.92 Å². The summed E-state index contributed by atoms with van der Waals surface area (Å²) in [4.78, 5) is 24.5. The van der Waals surface area contributed by atoms with Gasteiger partial charge < -0.3 is 19.5 Å². The van der Waals surface area contributed by atoms with Gasteiger partial charge in [0.2, 0.25) is 10.0 Å². The molecule has 2 aromatic carbocycles. The molecule has 0 saturated carbocycles. The first-order valence-electron chi connectivity index (χ1n) is 8.81. The van der Waals surface area contributed by atoms with Gasteiger partial charge in [0.25, 0.3) is 5.91 Å². The van der Waals surface area contributed by atoms with Gasteiger partial charge in [-0.25, -0.2) is 17.5 Å². The van der Waals surface area contributed by atoms with Crippen LogP contribution in [0.15, 0.2) is 41.3 Å². The molecule has 0 bridgehead atoms. The third kappa shape index (κ3) is 5.49. The van der Waals surface area contributed by atoms with Crippen molar-refractivity contribution >= 4 is 27.6 Å². The third-order valence-electron chi connectivity index (χ3n) is 4.15. The first-order chi connectivity index (χ1) is 14.1. The summed E-state index contributed by atoms with van der Waals surface area (Å²) < 4.78 is 41.1. The molecule has 0 atom stereocenters. The predicted octanol–water partition coefficient (Wildman–Crippen LogP) is 2.06. The number of benzene rings is 2. The second-order valence-electron chi connectivity index (χ2n) is 6.49. The quantitative estimate of drug-likeness (QED) is 0.631. The maximum Gasteiger partial charge on any atom is 0.338 e. The molecule has 2 aromatic rings. The van der Waals surface area contributed by atoms with Crippen LogP contribution < -0.4 is 14.8 Å². The number of aryl methyl sites for hydroxylation is 1. The van der Waals surface area contributed by atoms with Gasteiger partial charge in [-0.2, -0.15) is 0 Å². The largest absolute Gasteiger partial charge is 0.497 e. The second-order valence-corrected chi connectivity index (χ2v) is 8.61. The van der Waals surface area contributed by atoms with Crippen molar-refractivity contribution in [2.45, 2.75) is 11.8 Å². The lowest BCUT2D eigenvalue weighted by atomic mass is 10.2. The maximum absolute atomic E-state index is 12.4. The minimum absolute atomic E-state index is 0.0748. The first kappa shape index (κ1) is 23.2. The number of amides is 1. The van der Waals surface area contributed by atoms with E-state index < -0.39 is 28.5 Å². The van der Waals surface area contributed by atoms with Gasteiger partial charge in [-0.3, -0.25) is 4.79 Å². The number of hydrogen-bond donors (Lipinski definition) is 1. The van der Waals surface area contributed by atoms with Gasteiger partial charge in [-0.15, -0.1) is 0 Å². The molecule has 162 valence electrons. The molecule has 0 aliphatic carbocycles. The van der Waals surface area contributed by atoms with Crippen LogP contribution in [0.25, 0.3) is 0 Å². The Balaban J connectivity index is 2.08. The molecule has 0 aliphatic rings. The Morgan fingerprint density at radius 3 is 2.13 bits per heavy atom. The number of sulfonamides is 1. The van der Waals surface area contributed by atoms with Gasteiger partial charge in [-0.1, -0.05) is 6.07 Å². The van der Waals surface area contributed by atoms with Crippen molar-refractivity contribution in [3.63, 3.8) is 0 Å². The number of hydrogen-bond acceptors (Lipinski definition) is 7. The Kier molecular flexibility index (Phi) is 7.41. The fourth-order valence-corrected chi connectivity index (χ4v) is 3.63. The van der Waals surface area contributed by atoms with Gasteiger partial charge in [0.15, 0.2) is 6.61 Å². The Bertz CT molecular complexity index is 1030. The van der Waals surface area contributed by atoms with Crippen LogP contribution in [0.5, 0.6) is 11.5 Å². The lowest BCUT2D eigenvalue weighted by Gasteiger charge is -2.15. The van der Waals surface area contributed by atoms with E-state index in [0.29, 0.717) is 17.1 Å². The number of rotatable bonds is 8.